The summed E-state index contributed by atoms with van der Waals surface area (Å²) >= 11 is 5.72. The van der Waals surface area contributed by atoms with E-state index in [2.05, 4.69) is 4.98 Å². The molecule has 1 aliphatic carbocycles. The summed E-state index contributed by atoms with van der Waals surface area (Å²) in [7, 11) is 0. The van der Waals surface area contributed by atoms with E-state index in [1.807, 2.05) is 0 Å². The number of hydrogen-bond acceptors (Lipinski definition) is 3. The van der Waals surface area contributed by atoms with E-state index in [0.717, 1.165) is 18.5 Å². The average molecular weight is 213 g/mol. The number of nitrogens with two attached hydrogens (primary N) is 1. The molecule has 4 nitrogen and oxygen atoms in total. The Labute approximate surface area is 85.7 Å². The number of nitrogen functional groups attached to an aromatic ring is 1. The van der Waals surface area contributed by atoms with Crippen LogP contribution in [-0.4, -0.2) is 16.1 Å². The summed E-state index contributed by atoms with van der Waals surface area (Å²) in [5.74, 6) is -0.730. The van der Waals surface area contributed by atoms with Crippen molar-refractivity contribution in [1.82, 2.24) is 4.98 Å². The summed E-state index contributed by atoms with van der Waals surface area (Å²) in [5, 5.41) is 8.78. The topological polar surface area (TPSA) is 76.2 Å². The predicted molar refractivity (Wildman–Crippen MR) is 52.6 cm³/mol. The standard InChI is InChI=1S/C9H9ClN2O2/c10-8-5(9(13)14)3-6(11)7(12-8)4-1-2-4/h3-4H,1-2,11H2,(H,13,14). The van der Waals surface area contributed by atoms with E-state index < -0.39 is 5.97 Å². The Morgan fingerprint density at radius 3 is 2.79 bits per heavy atom. The lowest BCUT2D eigenvalue weighted by atomic mass is 10.2. The summed E-state index contributed by atoms with van der Waals surface area (Å²) in [4.78, 5) is 14.7. The zero-order valence-corrected chi connectivity index (χ0v) is 8.08. The van der Waals surface area contributed by atoms with Gasteiger partial charge in [-0.15, -0.1) is 0 Å². The first-order valence-corrected chi connectivity index (χ1v) is 4.66. The van der Waals surface area contributed by atoms with Crippen molar-refractivity contribution in [2.75, 3.05) is 5.73 Å². The Hall–Kier alpha value is -1.29. The monoisotopic (exact) mass is 212 g/mol. The smallest absolute Gasteiger partial charge is 0.338 e. The number of aromatic nitrogens is 1. The van der Waals surface area contributed by atoms with Crippen molar-refractivity contribution < 1.29 is 9.90 Å². The fourth-order valence-corrected chi connectivity index (χ4v) is 1.58. The molecule has 0 amide bonds. The molecule has 0 aromatic carbocycles. The average Bonchev–Trinajstić information content (AvgIpc) is 2.91. The second-order valence-corrected chi connectivity index (χ2v) is 3.74. The number of pyridine rings is 1. The maximum absolute atomic E-state index is 10.7. The lowest BCUT2D eigenvalue weighted by Crippen LogP contribution is -2.04. The lowest BCUT2D eigenvalue weighted by molar-refractivity contribution is 0.0696. The lowest BCUT2D eigenvalue weighted by Gasteiger charge is -2.05. The summed E-state index contributed by atoms with van der Waals surface area (Å²) in [6.07, 6.45) is 2.11. The molecule has 2 rings (SSSR count). The van der Waals surface area contributed by atoms with Gasteiger partial charge in [-0.05, 0) is 18.9 Å². The van der Waals surface area contributed by atoms with Gasteiger partial charge in [0.1, 0.15) is 5.15 Å². The summed E-state index contributed by atoms with van der Waals surface area (Å²) in [6, 6.07) is 1.38. The Morgan fingerprint density at radius 1 is 1.64 bits per heavy atom. The van der Waals surface area contributed by atoms with Gasteiger partial charge in [-0.3, -0.25) is 0 Å². The largest absolute Gasteiger partial charge is 0.478 e. The van der Waals surface area contributed by atoms with Crippen molar-refractivity contribution in [3.63, 3.8) is 0 Å². The molecule has 0 saturated heterocycles. The van der Waals surface area contributed by atoms with Crippen LogP contribution in [0.4, 0.5) is 5.69 Å². The quantitative estimate of drug-likeness (QED) is 0.734. The highest BCUT2D eigenvalue weighted by molar-refractivity contribution is 6.32. The molecule has 0 radical (unpaired) electrons. The minimum absolute atomic E-state index is 0.0219. The molecule has 0 atom stereocenters. The molecule has 0 aliphatic heterocycles. The fourth-order valence-electron chi connectivity index (χ4n) is 1.35. The number of carbonyl (C=O) groups is 1. The number of carboxylic acids is 1. The third-order valence-electron chi connectivity index (χ3n) is 2.23. The second kappa shape index (κ2) is 3.13. The Balaban J connectivity index is 2.48. The van der Waals surface area contributed by atoms with Crippen molar-refractivity contribution >= 4 is 23.3 Å². The van der Waals surface area contributed by atoms with Gasteiger partial charge < -0.3 is 10.8 Å². The third-order valence-corrected chi connectivity index (χ3v) is 2.52. The number of nitrogens with zero attached hydrogens (tertiary/aromatic N) is 1. The molecule has 1 heterocycles. The molecular formula is C9H9ClN2O2. The molecule has 0 unspecified atom stereocenters. The van der Waals surface area contributed by atoms with E-state index in [1.54, 1.807) is 0 Å². The molecule has 1 saturated carbocycles. The van der Waals surface area contributed by atoms with Crippen LogP contribution in [0.15, 0.2) is 6.07 Å². The third kappa shape index (κ3) is 1.53. The van der Waals surface area contributed by atoms with Crippen LogP contribution in [0.25, 0.3) is 0 Å². The van der Waals surface area contributed by atoms with E-state index >= 15 is 0 Å². The molecule has 14 heavy (non-hydrogen) atoms. The van der Waals surface area contributed by atoms with Crippen molar-refractivity contribution in [2.45, 2.75) is 18.8 Å². The number of halogens is 1. The number of rotatable bonds is 2. The van der Waals surface area contributed by atoms with Gasteiger partial charge in [0.15, 0.2) is 0 Å². The molecule has 74 valence electrons. The van der Waals surface area contributed by atoms with Crippen molar-refractivity contribution in [3.8, 4) is 0 Å². The number of anilines is 1. The van der Waals surface area contributed by atoms with E-state index in [9.17, 15) is 4.79 Å². The van der Waals surface area contributed by atoms with Crippen LogP contribution in [-0.2, 0) is 0 Å². The first-order chi connectivity index (χ1) is 6.59. The van der Waals surface area contributed by atoms with Crippen molar-refractivity contribution in [1.29, 1.82) is 0 Å². The molecular weight excluding hydrogens is 204 g/mol. The van der Waals surface area contributed by atoms with E-state index in [1.165, 1.54) is 6.07 Å². The van der Waals surface area contributed by atoms with Crippen molar-refractivity contribution in [2.24, 2.45) is 0 Å². The Morgan fingerprint density at radius 2 is 2.29 bits per heavy atom. The minimum atomic E-state index is -1.10. The molecule has 1 fully saturated rings. The van der Waals surface area contributed by atoms with Crippen LogP contribution < -0.4 is 5.73 Å². The first kappa shape index (κ1) is 9.27. The van der Waals surface area contributed by atoms with Gasteiger partial charge in [-0.2, -0.15) is 0 Å². The first-order valence-electron chi connectivity index (χ1n) is 4.29. The summed E-state index contributed by atoms with van der Waals surface area (Å²) < 4.78 is 0. The molecule has 1 aromatic rings. The van der Waals surface area contributed by atoms with E-state index in [4.69, 9.17) is 22.4 Å². The van der Waals surface area contributed by atoms with Crippen LogP contribution in [0.1, 0.15) is 34.8 Å². The van der Waals surface area contributed by atoms with Gasteiger partial charge in [-0.1, -0.05) is 11.6 Å². The van der Waals surface area contributed by atoms with Gasteiger partial charge >= 0.3 is 5.97 Å². The van der Waals surface area contributed by atoms with Crippen molar-refractivity contribution in [3.05, 3.63) is 22.5 Å². The summed E-state index contributed by atoms with van der Waals surface area (Å²) in [5.41, 5.74) is 6.81. The maximum Gasteiger partial charge on any atom is 0.338 e. The highest BCUT2D eigenvalue weighted by Gasteiger charge is 2.28. The zero-order valence-electron chi connectivity index (χ0n) is 7.33. The fraction of sp³-hybridized carbons (Fsp3) is 0.333. The van der Waals surface area contributed by atoms with Crippen LogP contribution in [0.5, 0.6) is 0 Å². The maximum atomic E-state index is 10.7. The number of carboxylic acid groups (broad SMARTS) is 1. The van der Waals surface area contributed by atoms with Gasteiger partial charge in [0, 0.05) is 5.92 Å². The van der Waals surface area contributed by atoms with Crippen LogP contribution in [0, 0.1) is 0 Å². The van der Waals surface area contributed by atoms with E-state index in [-0.39, 0.29) is 10.7 Å². The highest BCUT2D eigenvalue weighted by Crippen LogP contribution is 2.42. The summed E-state index contributed by atoms with van der Waals surface area (Å²) in [6.45, 7) is 0. The highest BCUT2D eigenvalue weighted by atomic mass is 35.5. The van der Waals surface area contributed by atoms with Gasteiger partial charge in [0.05, 0.1) is 16.9 Å². The SMILES string of the molecule is Nc1cc(C(=O)O)c(Cl)nc1C1CC1. The Kier molecular flexibility index (Phi) is 2.07. The van der Waals surface area contributed by atoms with Crippen LogP contribution in [0.2, 0.25) is 5.15 Å². The van der Waals surface area contributed by atoms with Gasteiger partial charge in [0.25, 0.3) is 0 Å². The number of hydrogen-bond donors (Lipinski definition) is 2. The Bertz CT molecular complexity index is 402. The predicted octanol–water partition coefficient (Wildman–Crippen LogP) is 1.89. The molecule has 5 heteroatoms. The minimum Gasteiger partial charge on any atom is -0.478 e. The molecule has 3 N–H and O–H groups in total. The van der Waals surface area contributed by atoms with Crippen LogP contribution in [0.3, 0.4) is 0 Å². The zero-order chi connectivity index (χ0) is 10.3. The molecule has 0 bridgehead atoms. The molecule has 1 aromatic heterocycles. The molecule has 1 aliphatic rings. The molecule has 0 spiro atoms. The normalized spacial score (nSPS) is 15.5. The second-order valence-electron chi connectivity index (χ2n) is 3.38. The van der Waals surface area contributed by atoms with Gasteiger partial charge in [-0.25, -0.2) is 9.78 Å². The van der Waals surface area contributed by atoms with Gasteiger partial charge in [0.2, 0.25) is 0 Å². The van der Waals surface area contributed by atoms with E-state index in [0.29, 0.717) is 11.6 Å². The van der Waals surface area contributed by atoms with Crippen LogP contribution >= 0.6 is 11.6 Å². The number of aromatic carboxylic acids is 1.